The van der Waals surface area contributed by atoms with E-state index in [-0.39, 0.29) is 11.7 Å². The highest BCUT2D eigenvalue weighted by Gasteiger charge is 2.38. The summed E-state index contributed by atoms with van der Waals surface area (Å²) in [5.74, 6) is 0. The topological polar surface area (TPSA) is 56.6 Å². The molecule has 0 aliphatic carbocycles. The molecule has 2 heterocycles. The summed E-state index contributed by atoms with van der Waals surface area (Å²) in [4.78, 5) is 18.0. The number of imidazole rings is 1. The maximum Gasteiger partial charge on any atom is 0.410 e. The number of hydrogen-bond donors (Lipinski definition) is 0. The molecule has 1 aromatic heterocycles. The average Bonchev–Trinajstić information content (AvgIpc) is 3.01. The SMILES string of the molecule is CCn1cncc1COC1(C)CCN(C(=O)OC(C)(C)C)C1. The zero-order valence-corrected chi connectivity index (χ0v) is 14.3. The van der Waals surface area contributed by atoms with E-state index in [0.717, 1.165) is 18.7 Å². The first-order valence-corrected chi connectivity index (χ1v) is 7.83. The molecule has 1 fully saturated rings. The van der Waals surface area contributed by atoms with Gasteiger partial charge in [0, 0.05) is 13.1 Å². The number of hydrogen-bond acceptors (Lipinski definition) is 4. The van der Waals surface area contributed by atoms with Crippen LogP contribution >= 0.6 is 0 Å². The van der Waals surface area contributed by atoms with Crippen molar-refractivity contribution in [1.29, 1.82) is 0 Å². The van der Waals surface area contributed by atoms with E-state index in [1.165, 1.54) is 0 Å². The number of nitrogens with zero attached hydrogens (tertiary/aromatic N) is 3. The number of aromatic nitrogens is 2. The molecule has 2 rings (SSSR count). The fourth-order valence-electron chi connectivity index (χ4n) is 2.53. The van der Waals surface area contributed by atoms with Crippen molar-refractivity contribution in [3.05, 3.63) is 18.2 Å². The molecule has 0 aromatic carbocycles. The summed E-state index contributed by atoms with van der Waals surface area (Å²) in [6.45, 7) is 12.4. The minimum atomic E-state index is -0.468. The van der Waals surface area contributed by atoms with Gasteiger partial charge in [0.1, 0.15) is 5.60 Å². The van der Waals surface area contributed by atoms with Crippen molar-refractivity contribution in [2.45, 2.75) is 65.4 Å². The molecule has 1 atom stereocenters. The number of ether oxygens (including phenoxy) is 2. The molecule has 1 aliphatic rings. The number of aryl methyl sites for hydroxylation is 1. The number of carbonyl (C=O) groups is 1. The van der Waals surface area contributed by atoms with Crippen LogP contribution in [-0.2, 0) is 22.6 Å². The van der Waals surface area contributed by atoms with Crippen LogP contribution < -0.4 is 0 Å². The minimum absolute atomic E-state index is 0.265. The summed E-state index contributed by atoms with van der Waals surface area (Å²) in [5, 5.41) is 0. The molecule has 0 saturated carbocycles. The van der Waals surface area contributed by atoms with Crippen LogP contribution in [0.4, 0.5) is 4.79 Å². The van der Waals surface area contributed by atoms with Crippen molar-refractivity contribution >= 4 is 6.09 Å². The average molecular weight is 309 g/mol. The Balaban J connectivity index is 1.89. The first-order valence-electron chi connectivity index (χ1n) is 7.83. The standard InChI is InChI=1S/C16H27N3O3/c1-6-18-12-17-9-13(18)10-21-16(5)7-8-19(11-16)14(20)22-15(2,3)4/h9,12H,6-8,10-11H2,1-5H3. The summed E-state index contributed by atoms with van der Waals surface area (Å²) in [6.07, 6.45) is 4.18. The largest absolute Gasteiger partial charge is 0.444 e. The van der Waals surface area contributed by atoms with E-state index >= 15 is 0 Å². The monoisotopic (exact) mass is 309 g/mol. The lowest BCUT2D eigenvalue weighted by Gasteiger charge is -2.27. The van der Waals surface area contributed by atoms with E-state index in [4.69, 9.17) is 9.47 Å². The molecule has 1 saturated heterocycles. The molecule has 1 unspecified atom stereocenters. The molecule has 6 nitrogen and oxygen atoms in total. The molecule has 22 heavy (non-hydrogen) atoms. The van der Waals surface area contributed by atoms with Crippen LogP contribution in [-0.4, -0.2) is 44.8 Å². The van der Waals surface area contributed by atoms with Crippen LogP contribution in [0, 0.1) is 0 Å². The lowest BCUT2D eigenvalue weighted by Crippen LogP contribution is -2.39. The summed E-state index contributed by atoms with van der Waals surface area (Å²) < 4.78 is 13.6. The number of likely N-dealkylation sites (tertiary alicyclic amines) is 1. The maximum atomic E-state index is 12.1. The highest BCUT2D eigenvalue weighted by atomic mass is 16.6. The molecule has 1 amide bonds. The van der Waals surface area contributed by atoms with Gasteiger partial charge in [-0.2, -0.15) is 0 Å². The molecule has 0 spiro atoms. The number of rotatable bonds is 4. The van der Waals surface area contributed by atoms with Gasteiger partial charge < -0.3 is 18.9 Å². The molecule has 6 heteroatoms. The van der Waals surface area contributed by atoms with Gasteiger partial charge in [0.25, 0.3) is 0 Å². The van der Waals surface area contributed by atoms with E-state index < -0.39 is 5.60 Å². The Bertz CT molecular complexity index is 521. The van der Waals surface area contributed by atoms with E-state index in [1.807, 2.05) is 40.2 Å². The van der Waals surface area contributed by atoms with Crippen molar-refractivity contribution < 1.29 is 14.3 Å². The Morgan fingerprint density at radius 2 is 2.18 bits per heavy atom. The van der Waals surface area contributed by atoms with Gasteiger partial charge in [0.2, 0.25) is 0 Å². The van der Waals surface area contributed by atoms with Crippen LogP contribution in [0.1, 0.15) is 46.7 Å². The second-order valence-corrected chi connectivity index (χ2v) is 7.06. The van der Waals surface area contributed by atoms with Gasteiger partial charge in [-0.05, 0) is 41.0 Å². The third-order valence-electron chi connectivity index (χ3n) is 3.80. The minimum Gasteiger partial charge on any atom is -0.444 e. The second kappa shape index (κ2) is 6.28. The highest BCUT2D eigenvalue weighted by Crippen LogP contribution is 2.27. The smallest absolute Gasteiger partial charge is 0.410 e. The molecule has 124 valence electrons. The third-order valence-corrected chi connectivity index (χ3v) is 3.80. The van der Waals surface area contributed by atoms with Crippen molar-refractivity contribution in [2.75, 3.05) is 13.1 Å². The Labute approximate surface area is 132 Å². The fourth-order valence-corrected chi connectivity index (χ4v) is 2.53. The van der Waals surface area contributed by atoms with Gasteiger partial charge in [-0.15, -0.1) is 0 Å². The van der Waals surface area contributed by atoms with Gasteiger partial charge in [-0.3, -0.25) is 0 Å². The zero-order chi connectivity index (χ0) is 16.4. The first-order chi connectivity index (χ1) is 10.2. The van der Waals surface area contributed by atoms with Crippen LogP contribution in [0.5, 0.6) is 0 Å². The Morgan fingerprint density at radius 1 is 1.45 bits per heavy atom. The van der Waals surface area contributed by atoms with E-state index in [2.05, 4.69) is 16.5 Å². The predicted molar refractivity (Wildman–Crippen MR) is 83.5 cm³/mol. The van der Waals surface area contributed by atoms with Crippen molar-refractivity contribution in [3.63, 3.8) is 0 Å². The predicted octanol–water partition coefficient (Wildman–Crippen LogP) is 2.82. The Kier molecular flexibility index (Phi) is 4.80. The van der Waals surface area contributed by atoms with Gasteiger partial charge >= 0.3 is 6.09 Å². The quantitative estimate of drug-likeness (QED) is 0.858. The molecule has 0 radical (unpaired) electrons. The zero-order valence-electron chi connectivity index (χ0n) is 14.3. The summed E-state index contributed by atoms with van der Waals surface area (Å²) in [7, 11) is 0. The summed E-state index contributed by atoms with van der Waals surface area (Å²) in [6, 6.07) is 0. The maximum absolute atomic E-state index is 12.1. The van der Waals surface area contributed by atoms with Crippen molar-refractivity contribution in [1.82, 2.24) is 14.5 Å². The Hall–Kier alpha value is -1.56. The normalized spacial score (nSPS) is 22.1. The van der Waals surface area contributed by atoms with Crippen LogP contribution in [0.2, 0.25) is 0 Å². The van der Waals surface area contributed by atoms with Crippen LogP contribution in [0.25, 0.3) is 0 Å². The van der Waals surface area contributed by atoms with Gasteiger partial charge in [0.15, 0.2) is 0 Å². The number of carbonyl (C=O) groups excluding carboxylic acids is 1. The lowest BCUT2D eigenvalue weighted by atomic mass is 10.1. The summed E-state index contributed by atoms with van der Waals surface area (Å²) >= 11 is 0. The summed E-state index contributed by atoms with van der Waals surface area (Å²) in [5.41, 5.74) is 0.254. The molecular weight excluding hydrogens is 282 g/mol. The van der Waals surface area contributed by atoms with Crippen LogP contribution in [0.3, 0.4) is 0 Å². The highest BCUT2D eigenvalue weighted by molar-refractivity contribution is 5.68. The van der Waals surface area contributed by atoms with Gasteiger partial charge in [-0.1, -0.05) is 0 Å². The second-order valence-electron chi connectivity index (χ2n) is 7.06. The first kappa shape index (κ1) is 16.8. The molecular formula is C16H27N3O3. The number of amides is 1. The molecule has 0 N–H and O–H groups in total. The van der Waals surface area contributed by atoms with E-state index in [9.17, 15) is 4.79 Å². The third kappa shape index (κ3) is 4.22. The Morgan fingerprint density at radius 3 is 2.82 bits per heavy atom. The van der Waals surface area contributed by atoms with Gasteiger partial charge in [0.05, 0.1) is 37.0 Å². The lowest BCUT2D eigenvalue weighted by molar-refractivity contribution is -0.0396. The van der Waals surface area contributed by atoms with Gasteiger partial charge in [-0.25, -0.2) is 9.78 Å². The van der Waals surface area contributed by atoms with E-state index in [1.54, 1.807) is 4.90 Å². The molecule has 1 aromatic rings. The van der Waals surface area contributed by atoms with Crippen LogP contribution in [0.15, 0.2) is 12.5 Å². The molecule has 1 aliphatic heterocycles. The molecule has 0 bridgehead atoms. The fraction of sp³-hybridized carbons (Fsp3) is 0.750. The van der Waals surface area contributed by atoms with E-state index in [0.29, 0.717) is 19.7 Å². The van der Waals surface area contributed by atoms with Crippen molar-refractivity contribution in [2.24, 2.45) is 0 Å². The van der Waals surface area contributed by atoms with Crippen molar-refractivity contribution in [3.8, 4) is 0 Å².